The van der Waals surface area contributed by atoms with E-state index in [9.17, 15) is 9.59 Å². The third-order valence-corrected chi connectivity index (χ3v) is 3.39. The first-order chi connectivity index (χ1) is 12.1. The predicted molar refractivity (Wildman–Crippen MR) is 87.0 cm³/mol. The van der Waals surface area contributed by atoms with Gasteiger partial charge >= 0.3 is 5.97 Å². The molecule has 10 heteroatoms. The molecule has 10 nitrogen and oxygen atoms in total. The second-order valence-electron chi connectivity index (χ2n) is 5.13. The topological polar surface area (TPSA) is 109 Å². The lowest BCUT2D eigenvalue weighted by molar-refractivity contribution is 0.0527. The number of aryl methyl sites for hydroxylation is 1. The van der Waals surface area contributed by atoms with Crippen molar-refractivity contribution in [2.45, 2.75) is 13.6 Å². The number of hydrogen-bond donors (Lipinski definition) is 1. The van der Waals surface area contributed by atoms with Gasteiger partial charge < -0.3 is 10.1 Å². The molecule has 0 bridgehead atoms. The van der Waals surface area contributed by atoms with Gasteiger partial charge in [-0.25, -0.2) is 4.79 Å². The van der Waals surface area contributed by atoms with E-state index < -0.39 is 11.9 Å². The van der Waals surface area contributed by atoms with Gasteiger partial charge in [0.15, 0.2) is 5.69 Å². The number of carbonyl (C=O) groups is 2. The number of esters is 1. The third-order valence-electron chi connectivity index (χ3n) is 3.39. The summed E-state index contributed by atoms with van der Waals surface area (Å²) in [6, 6.07) is 3.38. The van der Waals surface area contributed by atoms with Gasteiger partial charge in [-0.2, -0.15) is 15.3 Å². The van der Waals surface area contributed by atoms with E-state index in [1.54, 1.807) is 54.1 Å². The van der Waals surface area contributed by atoms with Gasteiger partial charge in [-0.1, -0.05) is 0 Å². The van der Waals surface area contributed by atoms with Crippen LogP contribution in [0, 0.1) is 0 Å². The molecule has 0 saturated carbocycles. The van der Waals surface area contributed by atoms with Gasteiger partial charge in [0.25, 0.3) is 5.91 Å². The summed E-state index contributed by atoms with van der Waals surface area (Å²) in [6.07, 6.45) is 6.48. The van der Waals surface area contributed by atoms with Crippen molar-refractivity contribution in [2.75, 3.05) is 11.9 Å². The number of carbonyl (C=O) groups excluding carboxylic acids is 2. The first-order valence-electron chi connectivity index (χ1n) is 7.60. The van der Waals surface area contributed by atoms with Crippen LogP contribution in [0.3, 0.4) is 0 Å². The second-order valence-corrected chi connectivity index (χ2v) is 5.13. The summed E-state index contributed by atoms with van der Waals surface area (Å²) < 4.78 is 9.61. The Morgan fingerprint density at radius 1 is 1.24 bits per heavy atom. The molecule has 3 aromatic heterocycles. The molecular weight excluding hydrogens is 326 g/mol. The smallest absolute Gasteiger partial charge is 0.343 e. The fourth-order valence-corrected chi connectivity index (χ4v) is 2.21. The number of anilines is 1. The van der Waals surface area contributed by atoms with Crippen LogP contribution in [0.2, 0.25) is 0 Å². The molecule has 3 rings (SSSR count). The molecule has 3 aromatic rings. The summed E-state index contributed by atoms with van der Waals surface area (Å²) in [5.41, 5.74) is 0.400. The molecule has 0 radical (unpaired) electrons. The quantitative estimate of drug-likeness (QED) is 0.662. The number of aromatic nitrogens is 6. The summed E-state index contributed by atoms with van der Waals surface area (Å²) in [5, 5.41) is 14.9. The van der Waals surface area contributed by atoms with Crippen LogP contribution in [0.25, 0.3) is 0 Å². The summed E-state index contributed by atoms with van der Waals surface area (Å²) >= 11 is 0. The molecule has 0 spiro atoms. The van der Waals surface area contributed by atoms with E-state index >= 15 is 0 Å². The minimum absolute atomic E-state index is 0.189. The zero-order valence-corrected chi connectivity index (χ0v) is 13.8. The van der Waals surface area contributed by atoms with Crippen molar-refractivity contribution in [1.29, 1.82) is 0 Å². The van der Waals surface area contributed by atoms with Crippen LogP contribution in [0.1, 0.15) is 27.8 Å². The Kier molecular flexibility index (Phi) is 4.59. The molecule has 0 aromatic carbocycles. The summed E-state index contributed by atoms with van der Waals surface area (Å²) in [4.78, 5) is 24.3. The number of ether oxygens (including phenoxy) is 1. The highest BCUT2D eigenvalue weighted by Gasteiger charge is 2.20. The molecular formula is C15H17N7O3. The van der Waals surface area contributed by atoms with Crippen LogP contribution >= 0.6 is 0 Å². The van der Waals surface area contributed by atoms with Crippen LogP contribution < -0.4 is 5.32 Å². The Balaban J connectivity index is 1.74. The summed E-state index contributed by atoms with van der Waals surface area (Å²) in [6.45, 7) is 2.33. The van der Waals surface area contributed by atoms with Gasteiger partial charge in [-0.05, 0) is 19.1 Å². The Labute approximate surface area is 143 Å². The molecule has 0 aliphatic rings. The van der Waals surface area contributed by atoms with Gasteiger partial charge in [0, 0.05) is 25.6 Å². The zero-order chi connectivity index (χ0) is 17.8. The van der Waals surface area contributed by atoms with Crippen LogP contribution in [-0.4, -0.2) is 47.8 Å². The second kappa shape index (κ2) is 6.99. The van der Waals surface area contributed by atoms with Crippen molar-refractivity contribution in [3.63, 3.8) is 0 Å². The predicted octanol–water partition coefficient (Wildman–Crippen LogP) is 0.748. The summed E-state index contributed by atoms with van der Waals surface area (Å²) in [7, 11) is 1.62. The summed E-state index contributed by atoms with van der Waals surface area (Å²) in [5.74, 6) is -0.742. The number of nitrogens with one attached hydrogen (secondary N) is 1. The largest absolute Gasteiger partial charge is 0.462 e. The standard InChI is InChI=1S/C15H17N7O3/c1-3-25-15(24)11-9-17-20(2)13(11)18-14(23)12-5-8-22(19-12)10-21-7-4-6-16-21/h4-9H,3,10H2,1-2H3,(H,18,23). The monoisotopic (exact) mass is 343 g/mol. The Bertz CT molecular complexity index is 879. The normalized spacial score (nSPS) is 10.6. The maximum Gasteiger partial charge on any atom is 0.343 e. The number of hydrogen-bond acceptors (Lipinski definition) is 6. The SMILES string of the molecule is CCOC(=O)c1cnn(C)c1NC(=O)c1ccn(Cn2cccn2)n1. The third kappa shape index (κ3) is 3.57. The van der Waals surface area contributed by atoms with E-state index in [0.717, 1.165) is 0 Å². The fraction of sp³-hybridized carbons (Fsp3) is 0.267. The van der Waals surface area contributed by atoms with E-state index in [2.05, 4.69) is 20.6 Å². The molecule has 3 heterocycles. The first kappa shape index (κ1) is 16.4. The zero-order valence-electron chi connectivity index (χ0n) is 13.8. The highest BCUT2D eigenvalue weighted by Crippen LogP contribution is 2.16. The van der Waals surface area contributed by atoms with E-state index in [1.165, 1.54) is 10.9 Å². The van der Waals surface area contributed by atoms with Gasteiger partial charge in [-0.3, -0.25) is 18.8 Å². The fourth-order valence-electron chi connectivity index (χ4n) is 2.21. The molecule has 130 valence electrons. The van der Waals surface area contributed by atoms with Crippen LogP contribution in [0.5, 0.6) is 0 Å². The lowest BCUT2D eigenvalue weighted by atomic mass is 10.3. The van der Waals surface area contributed by atoms with Crippen molar-refractivity contribution in [1.82, 2.24) is 29.3 Å². The molecule has 0 aliphatic carbocycles. The molecule has 25 heavy (non-hydrogen) atoms. The van der Waals surface area contributed by atoms with Gasteiger partial charge in [0.1, 0.15) is 18.1 Å². The molecule has 1 amide bonds. The van der Waals surface area contributed by atoms with Crippen LogP contribution in [0.4, 0.5) is 5.82 Å². The molecule has 0 saturated heterocycles. The molecule has 0 aliphatic heterocycles. The molecule has 0 atom stereocenters. The number of rotatable bonds is 6. The van der Waals surface area contributed by atoms with Crippen LogP contribution in [-0.2, 0) is 18.5 Å². The minimum Gasteiger partial charge on any atom is -0.462 e. The van der Waals surface area contributed by atoms with Crippen molar-refractivity contribution in [3.05, 3.63) is 48.2 Å². The Morgan fingerprint density at radius 3 is 2.80 bits per heavy atom. The lowest BCUT2D eigenvalue weighted by Crippen LogP contribution is -2.19. The van der Waals surface area contributed by atoms with E-state index in [-0.39, 0.29) is 23.7 Å². The van der Waals surface area contributed by atoms with Crippen molar-refractivity contribution in [3.8, 4) is 0 Å². The van der Waals surface area contributed by atoms with Gasteiger partial charge in [-0.15, -0.1) is 0 Å². The highest BCUT2D eigenvalue weighted by atomic mass is 16.5. The van der Waals surface area contributed by atoms with Crippen molar-refractivity contribution >= 4 is 17.7 Å². The van der Waals surface area contributed by atoms with E-state index in [4.69, 9.17) is 4.74 Å². The van der Waals surface area contributed by atoms with Gasteiger partial charge in [0.2, 0.25) is 0 Å². The van der Waals surface area contributed by atoms with Crippen molar-refractivity contribution < 1.29 is 14.3 Å². The maximum atomic E-state index is 12.4. The molecule has 0 unspecified atom stereocenters. The number of amides is 1. The average molecular weight is 343 g/mol. The first-order valence-corrected chi connectivity index (χ1v) is 7.60. The lowest BCUT2D eigenvalue weighted by Gasteiger charge is -2.07. The molecule has 0 fully saturated rings. The molecule has 1 N–H and O–H groups in total. The minimum atomic E-state index is -0.546. The van der Waals surface area contributed by atoms with Crippen LogP contribution in [0.15, 0.2) is 36.9 Å². The van der Waals surface area contributed by atoms with Crippen molar-refractivity contribution in [2.24, 2.45) is 7.05 Å². The van der Waals surface area contributed by atoms with Gasteiger partial charge in [0.05, 0.1) is 12.8 Å². The Hall–Kier alpha value is -3.43. The average Bonchev–Trinajstić information content (AvgIpc) is 3.31. The number of nitrogens with zero attached hydrogens (tertiary/aromatic N) is 6. The maximum absolute atomic E-state index is 12.4. The van der Waals surface area contributed by atoms with E-state index in [1.807, 2.05) is 0 Å². The highest BCUT2D eigenvalue weighted by molar-refractivity contribution is 6.06. The Morgan fingerprint density at radius 2 is 2.08 bits per heavy atom. The van der Waals surface area contributed by atoms with E-state index in [0.29, 0.717) is 6.67 Å².